The Morgan fingerprint density at radius 1 is 1.33 bits per heavy atom. The zero-order valence-corrected chi connectivity index (χ0v) is 13.7. The van der Waals surface area contributed by atoms with Crippen LogP contribution in [0, 0.1) is 5.82 Å². The van der Waals surface area contributed by atoms with Gasteiger partial charge in [-0.1, -0.05) is 12.2 Å². The van der Waals surface area contributed by atoms with Gasteiger partial charge >= 0.3 is 0 Å². The Labute approximate surface area is 140 Å². The minimum Gasteiger partial charge on any atom is -0.497 e. The maximum atomic E-state index is 13.7. The Hall–Kier alpha value is -2.89. The number of carbonyl (C=O) groups is 1. The number of halogens is 1. The highest BCUT2D eigenvalue weighted by atomic mass is 19.1. The molecule has 0 aliphatic carbocycles. The van der Waals surface area contributed by atoms with Crippen LogP contribution in [0.1, 0.15) is 19.4 Å². The molecule has 0 aliphatic heterocycles. The number of rotatable bonds is 6. The molecule has 1 heterocycles. The third-order valence-corrected chi connectivity index (χ3v) is 3.12. The highest BCUT2D eigenvalue weighted by Crippen LogP contribution is 2.27. The van der Waals surface area contributed by atoms with Crippen molar-refractivity contribution < 1.29 is 18.7 Å². The van der Waals surface area contributed by atoms with Crippen LogP contribution in [-0.4, -0.2) is 24.0 Å². The van der Waals surface area contributed by atoms with E-state index in [9.17, 15) is 9.18 Å². The van der Waals surface area contributed by atoms with Crippen molar-refractivity contribution >= 4 is 12.0 Å². The highest BCUT2D eigenvalue weighted by Gasteiger charge is 2.07. The lowest BCUT2D eigenvalue weighted by molar-refractivity contribution is -0.119. The van der Waals surface area contributed by atoms with E-state index >= 15 is 0 Å². The lowest BCUT2D eigenvalue weighted by Crippen LogP contribution is -2.28. The third kappa shape index (κ3) is 5.08. The van der Waals surface area contributed by atoms with Crippen LogP contribution in [0.3, 0.4) is 0 Å². The molecule has 0 radical (unpaired) electrons. The molecule has 0 unspecified atom stereocenters. The van der Waals surface area contributed by atoms with Gasteiger partial charge in [0.05, 0.1) is 7.11 Å². The van der Waals surface area contributed by atoms with Crippen molar-refractivity contribution in [3.8, 4) is 17.4 Å². The van der Waals surface area contributed by atoms with Crippen LogP contribution in [0.25, 0.3) is 6.08 Å². The molecule has 0 aliphatic rings. The van der Waals surface area contributed by atoms with Gasteiger partial charge in [0.2, 0.25) is 11.8 Å². The van der Waals surface area contributed by atoms with Crippen molar-refractivity contribution in [2.75, 3.05) is 7.11 Å². The number of benzene rings is 1. The summed E-state index contributed by atoms with van der Waals surface area (Å²) in [6.45, 7) is 3.34. The zero-order valence-electron chi connectivity index (χ0n) is 13.7. The SMILES string of the molecule is COc1ccc(F)c(Oc2ccc(/C=C/[C@H](C)NC(C)=O)cn2)c1. The average molecular weight is 330 g/mol. The van der Waals surface area contributed by atoms with E-state index < -0.39 is 5.82 Å². The summed E-state index contributed by atoms with van der Waals surface area (Å²) in [6.07, 6.45) is 5.29. The highest BCUT2D eigenvalue weighted by molar-refractivity contribution is 5.73. The van der Waals surface area contributed by atoms with Crippen molar-refractivity contribution in [1.82, 2.24) is 10.3 Å². The Morgan fingerprint density at radius 3 is 2.75 bits per heavy atom. The first kappa shape index (κ1) is 17.5. The van der Waals surface area contributed by atoms with E-state index in [1.165, 1.54) is 32.2 Å². The van der Waals surface area contributed by atoms with Crippen molar-refractivity contribution in [1.29, 1.82) is 0 Å². The molecule has 6 heteroatoms. The van der Waals surface area contributed by atoms with Gasteiger partial charge in [-0.2, -0.15) is 0 Å². The molecular weight excluding hydrogens is 311 g/mol. The van der Waals surface area contributed by atoms with E-state index in [0.717, 1.165) is 5.56 Å². The molecule has 0 saturated carbocycles. The molecule has 2 aromatic rings. The number of ether oxygens (including phenoxy) is 2. The predicted molar refractivity (Wildman–Crippen MR) is 89.6 cm³/mol. The summed E-state index contributed by atoms with van der Waals surface area (Å²) in [4.78, 5) is 15.1. The maximum absolute atomic E-state index is 13.7. The second kappa shape index (κ2) is 8.10. The number of pyridine rings is 1. The Balaban J connectivity index is 2.04. The molecule has 0 spiro atoms. The number of nitrogens with one attached hydrogen (secondary N) is 1. The molecule has 24 heavy (non-hydrogen) atoms. The first-order valence-electron chi connectivity index (χ1n) is 7.40. The number of hydrogen-bond donors (Lipinski definition) is 1. The number of aromatic nitrogens is 1. The normalized spacial score (nSPS) is 12.0. The molecule has 0 saturated heterocycles. The molecule has 1 aromatic carbocycles. The van der Waals surface area contributed by atoms with Gasteiger partial charge in [0.25, 0.3) is 0 Å². The van der Waals surface area contributed by atoms with Crippen LogP contribution >= 0.6 is 0 Å². The Kier molecular flexibility index (Phi) is 5.89. The van der Waals surface area contributed by atoms with Crippen molar-refractivity contribution in [3.05, 3.63) is 54.0 Å². The molecule has 1 N–H and O–H groups in total. The van der Waals surface area contributed by atoms with Crippen LogP contribution < -0.4 is 14.8 Å². The molecule has 1 amide bonds. The van der Waals surface area contributed by atoms with Gasteiger partial charge in [-0.3, -0.25) is 4.79 Å². The number of nitrogens with zero attached hydrogens (tertiary/aromatic N) is 1. The van der Waals surface area contributed by atoms with Gasteiger partial charge in [0.15, 0.2) is 11.6 Å². The fourth-order valence-corrected chi connectivity index (χ4v) is 1.98. The smallest absolute Gasteiger partial charge is 0.219 e. The maximum Gasteiger partial charge on any atom is 0.219 e. The van der Waals surface area contributed by atoms with Gasteiger partial charge in [-0.05, 0) is 30.7 Å². The van der Waals surface area contributed by atoms with Crippen molar-refractivity contribution in [2.45, 2.75) is 19.9 Å². The zero-order chi connectivity index (χ0) is 17.5. The van der Waals surface area contributed by atoms with Crippen LogP contribution in [0.2, 0.25) is 0 Å². The van der Waals surface area contributed by atoms with E-state index in [1.54, 1.807) is 18.3 Å². The van der Waals surface area contributed by atoms with Gasteiger partial charge in [-0.15, -0.1) is 0 Å². The lowest BCUT2D eigenvalue weighted by atomic mass is 10.2. The van der Waals surface area contributed by atoms with Crippen molar-refractivity contribution in [3.63, 3.8) is 0 Å². The van der Waals surface area contributed by atoms with Crippen LogP contribution in [0.4, 0.5) is 4.39 Å². The summed E-state index contributed by atoms with van der Waals surface area (Å²) < 4.78 is 24.2. The monoisotopic (exact) mass is 330 g/mol. The molecule has 2 rings (SSSR count). The molecule has 1 atom stereocenters. The van der Waals surface area contributed by atoms with Gasteiger partial charge in [0.1, 0.15) is 5.75 Å². The molecular formula is C18H19FN2O3. The Morgan fingerprint density at radius 2 is 2.12 bits per heavy atom. The van der Waals surface area contributed by atoms with E-state index in [2.05, 4.69) is 10.3 Å². The van der Waals surface area contributed by atoms with Crippen molar-refractivity contribution in [2.24, 2.45) is 0 Å². The molecule has 0 bridgehead atoms. The number of amides is 1. The number of carbonyl (C=O) groups excluding carboxylic acids is 1. The van der Waals surface area contributed by atoms with E-state index in [1.807, 2.05) is 19.1 Å². The third-order valence-electron chi connectivity index (χ3n) is 3.12. The minimum atomic E-state index is -0.495. The van der Waals surface area contributed by atoms with E-state index in [-0.39, 0.29) is 23.6 Å². The van der Waals surface area contributed by atoms with Crippen LogP contribution in [0.15, 0.2) is 42.6 Å². The summed E-state index contributed by atoms with van der Waals surface area (Å²) in [5.74, 6) is 0.233. The molecule has 126 valence electrons. The van der Waals surface area contributed by atoms with Gasteiger partial charge < -0.3 is 14.8 Å². The Bertz CT molecular complexity index is 730. The summed E-state index contributed by atoms with van der Waals surface area (Å²) in [5.41, 5.74) is 0.839. The second-order valence-electron chi connectivity index (χ2n) is 5.18. The average Bonchev–Trinajstić information content (AvgIpc) is 2.55. The van der Waals surface area contributed by atoms with Gasteiger partial charge in [0, 0.05) is 31.3 Å². The topological polar surface area (TPSA) is 60.5 Å². The molecule has 1 aromatic heterocycles. The van der Waals surface area contributed by atoms with Crippen LogP contribution in [-0.2, 0) is 4.79 Å². The fraction of sp³-hybridized carbons (Fsp3) is 0.222. The molecule has 0 fully saturated rings. The quantitative estimate of drug-likeness (QED) is 0.880. The summed E-state index contributed by atoms with van der Waals surface area (Å²) in [6, 6.07) is 7.59. The summed E-state index contributed by atoms with van der Waals surface area (Å²) in [7, 11) is 1.50. The second-order valence-corrected chi connectivity index (χ2v) is 5.18. The molecule has 5 nitrogen and oxygen atoms in total. The number of methoxy groups -OCH3 is 1. The largest absolute Gasteiger partial charge is 0.497 e. The summed E-state index contributed by atoms with van der Waals surface area (Å²) in [5, 5.41) is 2.75. The van der Waals surface area contributed by atoms with Crippen LogP contribution in [0.5, 0.6) is 17.4 Å². The standard InChI is InChI=1S/C18H19FN2O3/c1-12(21-13(2)22)4-5-14-6-9-18(20-11-14)24-17-10-15(23-3)7-8-16(17)19/h4-12H,1-3H3,(H,21,22)/b5-4+/t12-/m0/s1. The fourth-order valence-electron chi connectivity index (χ4n) is 1.98. The first-order valence-corrected chi connectivity index (χ1v) is 7.40. The number of hydrogen-bond acceptors (Lipinski definition) is 4. The predicted octanol–water partition coefficient (Wildman–Crippen LogP) is 3.56. The summed E-state index contributed by atoms with van der Waals surface area (Å²) >= 11 is 0. The van der Waals surface area contributed by atoms with E-state index in [4.69, 9.17) is 9.47 Å². The van der Waals surface area contributed by atoms with Gasteiger partial charge in [-0.25, -0.2) is 9.37 Å². The lowest BCUT2D eigenvalue weighted by Gasteiger charge is -2.08. The first-order chi connectivity index (χ1) is 11.5. The van der Waals surface area contributed by atoms with E-state index in [0.29, 0.717) is 5.75 Å². The minimum absolute atomic E-state index is 0.0458.